The number of anilines is 1. The van der Waals surface area contributed by atoms with Gasteiger partial charge in [-0.2, -0.15) is 0 Å². The van der Waals surface area contributed by atoms with Crippen LogP contribution in [0.5, 0.6) is 0 Å². The molecular formula is C20H22N4O3S. The number of carbonyl (C=O) groups is 1. The summed E-state index contributed by atoms with van der Waals surface area (Å²) in [6.45, 7) is 1.01. The van der Waals surface area contributed by atoms with Gasteiger partial charge in [0.1, 0.15) is 5.82 Å². The molecule has 3 N–H and O–H groups in total. The van der Waals surface area contributed by atoms with Crippen molar-refractivity contribution in [2.75, 3.05) is 24.7 Å². The smallest absolute Gasteiger partial charge is 0.245 e. The van der Waals surface area contributed by atoms with E-state index in [2.05, 4.69) is 20.6 Å². The minimum absolute atomic E-state index is 0.273. The van der Waals surface area contributed by atoms with Crippen LogP contribution in [0.15, 0.2) is 48.5 Å². The lowest BCUT2D eigenvalue weighted by atomic mass is 9.95. The van der Waals surface area contributed by atoms with E-state index in [9.17, 15) is 13.2 Å². The highest BCUT2D eigenvalue weighted by Gasteiger charge is 2.48. The molecule has 1 aliphatic rings. The number of piperidine rings is 1. The Labute approximate surface area is 163 Å². The lowest BCUT2D eigenvalue weighted by molar-refractivity contribution is -0.119. The van der Waals surface area contributed by atoms with Crippen LogP contribution >= 0.6 is 0 Å². The van der Waals surface area contributed by atoms with Crippen LogP contribution in [0.4, 0.5) is 5.69 Å². The topological polar surface area (TPSA) is 104 Å². The fourth-order valence-electron chi connectivity index (χ4n) is 3.64. The molecule has 1 aromatic heterocycles. The van der Waals surface area contributed by atoms with Crippen LogP contribution in [0.1, 0.15) is 12.8 Å². The number of carbonyl (C=O) groups excluding carboxylic acids is 1. The van der Waals surface area contributed by atoms with Gasteiger partial charge in [0, 0.05) is 17.5 Å². The second kappa shape index (κ2) is 7.03. The Balaban J connectivity index is 1.56. The number of imidazole rings is 1. The first-order valence-corrected chi connectivity index (χ1v) is 11.1. The zero-order chi connectivity index (χ0) is 19.8. The van der Waals surface area contributed by atoms with E-state index in [4.69, 9.17) is 0 Å². The number of hydrogen-bond acceptors (Lipinski definition) is 5. The van der Waals surface area contributed by atoms with Crippen molar-refractivity contribution in [1.82, 2.24) is 15.3 Å². The van der Waals surface area contributed by atoms with Crippen molar-refractivity contribution >= 4 is 32.5 Å². The van der Waals surface area contributed by atoms with E-state index < -0.39 is 20.5 Å². The molecule has 1 amide bonds. The molecule has 0 bridgehead atoms. The van der Waals surface area contributed by atoms with E-state index in [0.29, 0.717) is 18.8 Å². The van der Waals surface area contributed by atoms with Gasteiger partial charge in [-0.15, -0.1) is 0 Å². The first kappa shape index (κ1) is 18.6. The highest BCUT2D eigenvalue weighted by molar-refractivity contribution is 7.92. The molecule has 1 fully saturated rings. The normalized spacial score (nSPS) is 16.8. The lowest BCUT2D eigenvalue weighted by Gasteiger charge is -2.34. The molecule has 28 heavy (non-hydrogen) atoms. The van der Waals surface area contributed by atoms with Crippen molar-refractivity contribution in [2.24, 2.45) is 0 Å². The van der Waals surface area contributed by atoms with Crippen LogP contribution in [-0.4, -0.2) is 48.4 Å². The van der Waals surface area contributed by atoms with E-state index in [1.807, 2.05) is 36.4 Å². The van der Waals surface area contributed by atoms with Crippen molar-refractivity contribution in [3.63, 3.8) is 0 Å². The summed E-state index contributed by atoms with van der Waals surface area (Å²) in [4.78, 5) is 20.7. The monoisotopic (exact) mass is 398 g/mol. The summed E-state index contributed by atoms with van der Waals surface area (Å²) in [6, 6.07) is 15.0. The van der Waals surface area contributed by atoms with Crippen LogP contribution in [0.2, 0.25) is 0 Å². The predicted molar refractivity (Wildman–Crippen MR) is 110 cm³/mol. The molecule has 2 heterocycles. The molecule has 0 saturated carbocycles. The number of hydrogen-bond donors (Lipinski definition) is 3. The number of rotatable bonds is 4. The van der Waals surface area contributed by atoms with E-state index in [1.54, 1.807) is 12.1 Å². The molecule has 3 aromatic rings. The van der Waals surface area contributed by atoms with E-state index in [1.165, 1.54) is 0 Å². The summed E-state index contributed by atoms with van der Waals surface area (Å²) < 4.78 is 23.3. The number of aromatic nitrogens is 2. The summed E-state index contributed by atoms with van der Waals surface area (Å²) in [5, 5.41) is 5.90. The van der Waals surface area contributed by atoms with E-state index in [-0.39, 0.29) is 12.8 Å². The molecule has 146 valence electrons. The molecular weight excluding hydrogens is 376 g/mol. The van der Waals surface area contributed by atoms with E-state index in [0.717, 1.165) is 28.7 Å². The molecule has 1 saturated heterocycles. The molecule has 7 nitrogen and oxygen atoms in total. The van der Waals surface area contributed by atoms with Crippen LogP contribution in [0, 0.1) is 0 Å². The van der Waals surface area contributed by atoms with Gasteiger partial charge in [0.15, 0.2) is 14.6 Å². The van der Waals surface area contributed by atoms with Crippen molar-refractivity contribution < 1.29 is 13.2 Å². The molecule has 0 aliphatic carbocycles. The van der Waals surface area contributed by atoms with Gasteiger partial charge in [0.25, 0.3) is 0 Å². The summed E-state index contributed by atoms with van der Waals surface area (Å²) in [5.74, 6) is 0.276. The van der Waals surface area contributed by atoms with Crippen LogP contribution in [0.3, 0.4) is 0 Å². The first-order valence-electron chi connectivity index (χ1n) is 9.16. The molecule has 1 aliphatic heterocycles. The van der Waals surface area contributed by atoms with Crippen LogP contribution < -0.4 is 10.6 Å². The third-order valence-electron chi connectivity index (χ3n) is 5.34. The molecule has 4 rings (SSSR count). The Hall–Kier alpha value is -2.71. The molecule has 0 spiro atoms. The second-order valence-corrected chi connectivity index (χ2v) is 9.48. The van der Waals surface area contributed by atoms with Gasteiger partial charge in [-0.05, 0) is 62.3 Å². The first-order chi connectivity index (χ1) is 13.4. The molecule has 8 heteroatoms. The molecule has 0 radical (unpaired) electrons. The Bertz CT molecular complexity index is 1080. The summed E-state index contributed by atoms with van der Waals surface area (Å²) >= 11 is 0. The zero-order valence-corrected chi connectivity index (χ0v) is 16.3. The van der Waals surface area contributed by atoms with Crippen molar-refractivity contribution in [2.45, 2.75) is 17.6 Å². The minimum atomic E-state index is -3.54. The number of aromatic amines is 1. The van der Waals surface area contributed by atoms with E-state index >= 15 is 0 Å². The Kier molecular flexibility index (Phi) is 4.68. The summed E-state index contributed by atoms with van der Waals surface area (Å²) in [7, 11) is -3.54. The van der Waals surface area contributed by atoms with Crippen LogP contribution in [-0.2, 0) is 14.6 Å². The van der Waals surface area contributed by atoms with Crippen LogP contribution in [0.25, 0.3) is 22.4 Å². The maximum atomic E-state index is 12.9. The summed E-state index contributed by atoms with van der Waals surface area (Å²) in [6.07, 6.45) is 1.69. The second-order valence-electron chi connectivity index (χ2n) is 7.15. The third-order valence-corrected chi connectivity index (χ3v) is 7.35. The number of sulfone groups is 1. The average molecular weight is 398 g/mol. The number of H-pyrrole nitrogens is 1. The zero-order valence-electron chi connectivity index (χ0n) is 15.5. The fourth-order valence-corrected chi connectivity index (χ4v) is 4.98. The maximum absolute atomic E-state index is 12.9. The minimum Gasteiger partial charge on any atom is -0.338 e. The quantitative estimate of drug-likeness (QED) is 0.626. The highest BCUT2D eigenvalue weighted by atomic mass is 32.2. The van der Waals surface area contributed by atoms with Gasteiger partial charge >= 0.3 is 0 Å². The average Bonchev–Trinajstić information content (AvgIpc) is 3.12. The number of fused-ring (bicyclic) bond motifs is 1. The predicted octanol–water partition coefficient (Wildman–Crippen LogP) is 2.34. The Morgan fingerprint density at radius 1 is 1.07 bits per heavy atom. The number of nitrogens with one attached hydrogen (secondary N) is 3. The fraction of sp³-hybridized carbons (Fsp3) is 0.300. The molecule has 2 aromatic carbocycles. The Morgan fingerprint density at radius 2 is 1.75 bits per heavy atom. The highest BCUT2D eigenvalue weighted by Crippen LogP contribution is 2.30. The number of amides is 1. The molecule has 0 atom stereocenters. The third kappa shape index (κ3) is 3.29. The molecule has 0 unspecified atom stereocenters. The number of benzene rings is 2. The van der Waals surface area contributed by atoms with Gasteiger partial charge in [-0.25, -0.2) is 13.4 Å². The lowest BCUT2D eigenvalue weighted by Crippen LogP contribution is -2.55. The maximum Gasteiger partial charge on any atom is 0.245 e. The summed E-state index contributed by atoms with van der Waals surface area (Å²) in [5.41, 5.74) is 3.28. The van der Waals surface area contributed by atoms with Gasteiger partial charge in [0.2, 0.25) is 5.91 Å². The van der Waals surface area contributed by atoms with Crippen molar-refractivity contribution in [3.8, 4) is 11.4 Å². The van der Waals surface area contributed by atoms with Gasteiger partial charge in [0.05, 0.1) is 11.0 Å². The number of nitrogens with zero attached hydrogens (tertiary/aromatic N) is 1. The van der Waals surface area contributed by atoms with Gasteiger partial charge in [-0.3, -0.25) is 4.79 Å². The van der Waals surface area contributed by atoms with Gasteiger partial charge < -0.3 is 15.6 Å². The largest absolute Gasteiger partial charge is 0.338 e. The standard InChI is InChI=1S/C20H22N4O3S/c1-28(26,27)20(10-12-21-13-11-20)19(25)22-15-8-6-14(7-9-15)18-23-16-4-2-3-5-17(16)24-18/h2-9,21H,10-13H2,1H3,(H,22,25)(H,23,24). The van der Waals surface area contributed by atoms with Gasteiger partial charge in [-0.1, -0.05) is 12.1 Å². The number of para-hydroxylation sites is 2. The van der Waals surface area contributed by atoms with Crippen molar-refractivity contribution in [3.05, 3.63) is 48.5 Å². The SMILES string of the molecule is CS(=O)(=O)C1(C(=O)Nc2ccc(-c3nc4ccccc4[nH]3)cc2)CCNCC1. The Morgan fingerprint density at radius 3 is 2.39 bits per heavy atom. The van der Waals surface area contributed by atoms with Crippen molar-refractivity contribution in [1.29, 1.82) is 0 Å².